The summed E-state index contributed by atoms with van der Waals surface area (Å²) in [5, 5.41) is 2.77. The van der Waals surface area contributed by atoms with E-state index in [0.717, 1.165) is 0 Å². The lowest BCUT2D eigenvalue weighted by atomic mass is 9.86. The highest BCUT2D eigenvalue weighted by molar-refractivity contribution is 5.84. The Morgan fingerprint density at radius 3 is 1.62 bits per heavy atom. The second-order valence-electron chi connectivity index (χ2n) is 3.47. The molecule has 0 heterocycles. The lowest BCUT2D eigenvalue weighted by molar-refractivity contribution is 0.844. The van der Waals surface area contributed by atoms with Gasteiger partial charge in [0, 0.05) is 0 Å². The van der Waals surface area contributed by atoms with E-state index in [1.54, 1.807) is 11.1 Å². The highest BCUT2D eigenvalue weighted by Crippen LogP contribution is 2.27. The minimum Gasteiger partial charge on any atom is -0.344 e. The Morgan fingerprint density at radius 2 is 1.23 bits per heavy atom. The number of hydrogen-bond acceptors (Lipinski definition) is 1. The maximum atomic E-state index is 2.33. The van der Waals surface area contributed by atoms with Crippen LogP contribution in [0.15, 0.2) is 36.4 Å². The molecule has 0 unspecified atom stereocenters. The number of hydrogen-bond donors (Lipinski definition) is 1. The quantitative estimate of drug-likeness (QED) is 0.649. The summed E-state index contributed by atoms with van der Waals surface area (Å²) in [5.41, 5.74) is 3.10. The van der Waals surface area contributed by atoms with Gasteiger partial charge in [-0.1, -0.05) is 36.4 Å². The van der Waals surface area contributed by atoms with Crippen molar-refractivity contribution in [3.05, 3.63) is 47.5 Å². The van der Waals surface area contributed by atoms with Crippen LogP contribution in [0.1, 0.15) is 11.1 Å². The molecule has 1 nitrogen and oxygen atoms in total. The maximum absolute atomic E-state index is 2.33. The zero-order valence-corrected chi connectivity index (χ0v) is 7.59. The maximum Gasteiger partial charge on any atom is -0.0181 e. The van der Waals surface area contributed by atoms with Gasteiger partial charge in [-0.15, -0.1) is 0 Å². The summed E-state index contributed by atoms with van der Waals surface area (Å²) in [4.78, 5) is 0. The van der Waals surface area contributed by atoms with Gasteiger partial charge in [0.25, 0.3) is 0 Å². The molecule has 0 saturated heterocycles. The zero-order valence-electron chi connectivity index (χ0n) is 7.59. The van der Waals surface area contributed by atoms with Gasteiger partial charge in [-0.05, 0) is 34.7 Å². The number of benzene rings is 2. The summed E-state index contributed by atoms with van der Waals surface area (Å²) >= 11 is 0. The van der Waals surface area contributed by atoms with Crippen molar-refractivity contribution < 1.29 is 0 Å². The van der Waals surface area contributed by atoms with Gasteiger partial charge in [-0.2, -0.15) is 0 Å². The molecule has 0 spiro atoms. The molecular weight excluding hydrogens is 158 g/mol. The van der Waals surface area contributed by atoms with Crippen molar-refractivity contribution >= 4 is 10.8 Å². The fraction of sp³-hybridized carbons (Fsp3) is 0.167. The number of fused-ring (bicyclic) bond motifs is 2. The number of aryl methyl sites for hydroxylation is 2. The monoisotopic (exact) mass is 171 g/mol. The van der Waals surface area contributed by atoms with Crippen LogP contribution >= 0.6 is 0 Å². The molecule has 0 saturated carbocycles. The first-order valence-corrected chi connectivity index (χ1v) is 4.44. The average Bonchev–Trinajstić information content (AvgIpc) is 2.09. The zero-order chi connectivity index (χ0) is 7.97. The van der Waals surface area contributed by atoms with Crippen molar-refractivity contribution in [3.63, 3.8) is 0 Å². The second-order valence-corrected chi connectivity index (χ2v) is 3.47. The summed E-state index contributed by atoms with van der Waals surface area (Å²) in [6.07, 6.45) is 2.56. The van der Waals surface area contributed by atoms with Crippen LogP contribution in [0.2, 0.25) is 0 Å². The third kappa shape index (κ3) is 1.12. The van der Waals surface area contributed by atoms with Crippen LogP contribution < -0.4 is 6.15 Å². The molecular formula is C12H13N. The normalized spacial score (nSPS) is 12.9. The van der Waals surface area contributed by atoms with E-state index in [0.29, 0.717) is 0 Å². The van der Waals surface area contributed by atoms with E-state index in [2.05, 4.69) is 36.4 Å². The molecule has 2 aromatic rings. The summed E-state index contributed by atoms with van der Waals surface area (Å²) in [6, 6.07) is 13.2. The molecule has 0 aromatic heterocycles. The van der Waals surface area contributed by atoms with E-state index >= 15 is 0 Å². The fourth-order valence-corrected chi connectivity index (χ4v) is 1.89. The fourth-order valence-electron chi connectivity index (χ4n) is 1.89. The molecule has 1 aliphatic carbocycles. The Kier molecular flexibility index (Phi) is 1.82. The standard InChI is InChI=1S/C12H10.H3N/c1-2-4-10-8-12-6-5-11(12)7-9(10)3-1;/h1-4,7-8H,5-6H2;1H3. The SMILES string of the molecule is N.c1ccc2cc3c(cc2c1)CC3. The van der Waals surface area contributed by atoms with Crippen LogP contribution in [0.5, 0.6) is 0 Å². The predicted octanol–water partition coefficient (Wildman–Crippen LogP) is 3.10. The molecule has 3 rings (SSSR count). The Labute approximate surface area is 78.0 Å². The molecule has 66 valence electrons. The van der Waals surface area contributed by atoms with Crippen LogP contribution in [0.25, 0.3) is 10.8 Å². The van der Waals surface area contributed by atoms with Gasteiger partial charge < -0.3 is 6.15 Å². The van der Waals surface area contributed by atoms with E-state index in [1.165, 1.54) is 23.6 Å². The first kappa shape index (κ1) is 8.27. The van der Waals surface area contributed by atoms with E-state index in [9.17, 15) is 0 Å². The van der Waals surface area contributed by atoms with E-state index in [4.69, 9.17) is 0 Å². The molecule has 2 aromatic carbocycles. The predicted molar refractivity (Wildman–Crippen MR) is 56.4 cm³/mol. The molecule has 1 heteroatoms. The first-order chi connectivity index (χ1) is 5.93. The van der Waals surface area contributed by atoms with Gasteiger partial charge in [0.2, 0.25) is 0 Å². The van der Waals surface area contributed by atoms with Crippen molar-refractivity contribution in [2.45, 2.75) is 12.8 Å². The summed E-state index contributed by atoms with van der Waals surface area (Å²) < 4.78 is 0. The van der Waals surface area contributed by atoms with Gasteiger partial charge in [-0.25, -0.2) is 0 Å². The Bertz CT molecular complexity index is 403. The molecule has 0 atom stereocenters. The van der Waals surface area contributed by atoms with Crippen molar-refractivity contribution in [2.24, 2.45) is 0 Å². The van der Waals surface area contributed by atoms with Gasteiger partial charge in [-0.3, -0.25) is 0 Å². The van der Waals surface area contributed by atoms with Crippen LogP contribution in [-0.2, 0) is 12.8 Å². The van der Waals surface area contributed by atoms with Crippen LogP contribution in [-0.4, -0.2) is 0 Å². The first-order valence-electron chi connectivity index (χ1n) is 4.44. The molecule has 0 aliphatic heterocycles. The van der Waals surface area contributed by atoms with Crippen molar-refractivity contribution in [2.75, 3.05) is 0 Å². The lowest BCUT2D eigenvalue weighted by Gasteiger charge is -2.19. The highest BCUT2D eigenvalue weighted by Gasteiger charge is 2.12. The topological polar surface area (TPSA) is 35.0 Å². The summed E-state index contributed by atoms with van der Waals surface area (Å²) in [7, 11) is 0. The van der Waals surface area contributed by atoms with Crippen LogP contribution in [0, 0.1) is 0 Å². The Hall–Kier alpha value is -1.34. The van der Waals surface area contributed by atoms with Gasteiger partial charge >= 0.3 is 0 Å². The third-order valence-electron chi connectivity index (χ3n) is 2.73. The van der Waals surface area contributed by atoms with Gasteiger partial charge in [0.1, 0.15) is 0 Å². The van der Waals surface area contributed by atoms with Gasteiger partial charge in [0.05, 0.1) is 0 Å². The molecule has 0 amide bonds. The summed E-state index contributed by atoms with van der Waals surface area (Å²) in [5.74, 6) is 0. The van der Waals surface area contributed by atoms with E-state index in [-0.39, 0.29) is 6.15 Å². The van der Waals surface area contributed by atoms with E-state index in [1.807, 2.05) is 0 Å². The van der Waals surface area contributed by atoms with Crippen molar-refractivity contribution in [1.29, 1.82) is 0 Å². The van der Waals surface area contributed by atoms with Crippen molar-refractivity contribution in [3.8, 4) is 0 Å². The average molecular weight is 171 g/mol. The molecule has 0 fully saturated rings. The smallest absolute Gasteiger partial charge is 0.0181 e. The Morgan fingerprint density at radius 1 is 0.769 bits per heavy atom. The third-order valence-corrected chi connectivity index (χ3v) is 2.73. The lowest BCUT2D eigenvalue weighted by Crippen LogP contribution is -2.07. The van der Waals surface area contributed by atoms with Crippen molar-refractivity contribution in [1.82, 2.24) is 6.15 Å². The van der Waals surface area contributed by atoms with Crippen LogP contribution in [0.4, 0.5) is 0 Å². The molecule has 3 N–H and O–H groups in total. The minimum absolute atomic E-state index is 0. The summed E-state index contributed by atoms with van der Waals surface area (Å²) in [6.45, 7) is 0. The Balaban J connectivity index is 0.000000653. The second kappa shape index (κ2) is 2.86. The minimum atomic E-state index is 0. The largest absolute Gasteiger partial charge is 0.344 e. The highest BCUT2D eigenvalue weighted by atomic mass is 14.2. The number of rotatable bonds is 0. The van der Waals surface area contributed by atoms with Crippen LogP contribution in [0.3, 0.4) is 0 Å². The molecule has 1 aliphatic rings. The van der Waals surface area contributed by atoms with E-state index < -0.39 is 0 Å². The van der Waals surface area contributed by atoms with Gasteiger partial charge in [0.15, 0.2) is 0 Å². The molecule has 0 radical (unpaired) electrons. The molecule has 0 bridgehead atoms. The molecule has 13 heavy (non-hydrogen) atoms.